The highest BCUT2D eigenvalue weighted by Crippen LogP contribution is 2.20. The number of amides is 1. The zero-order chi connectivity index (χ0) is 15.1. The standard InChI is InChI=1S/C13H10ClNO.C2H5NO/c14-10-6-7-12(15)11(8-10)13(16)9-4-2-1-3-5-9;1-2(3)4/h1-8H,15H2;1H3,(H2,3,4). The lowest BCUT2D eigenvalue weighted by atomic mass is 10.0. The highest BCUT2D eigenvalue weighted by atomic mass is 35.5. The van der Waals surface area contributed by atoms with E-state index in [0.29, 0.717) is 21.8 Å². The summed E-state index contributed by atoms with van der Waals surface area (Å²) in [6.07, 6.45) is 0. The van der Waals surface area contributed by atoms with Crippen LogP contribution in [-0.4, -0.2) is 11.7 Å². The summed E-state index contributed by atoms with van der Waals surface area (Å²) in [5, 5.41) is 0.508. The molecule has 4 nitrogen and oxygen atoms in total. The number of ketones is 1. The molecule has 2 rings (SSSR count). The molecule has 0 aliphatic carbocycles. The van der Waals surface area contributed by atoms with Crippen molar-refractivity contribution in [1.29, 1.82) is 0 Å². The van der Waals surface area contributed by atoms with Gasteiger partial charge in [-0.3, -0.25) is 9.59 Å². The first-order valence-electron chi connectivity index (χ1n) is 5.82. The Labute approximate surface area is 122 Å². The van der Waals surface area contributed by atoms with Crippen LogP contribution in [0.4, 0.5) is 5.69 Å². The number of halogens is 1. The van der Waals surface area contributed by atoms with E-state index in [9.17, 15) is 9.59 Å². The van der Waals surface area contributed by atoms with Crippen LogP contribution in [0.15, 0.2) is 48.5 Å². The Morgan fingerprint density at radius 3 is 2.15 bits per heavy atom. The first kappa shape index (κ1) is 15.7. The van der Waals surface area contributed by atoms with Gasteiger partial charge in [-0.05, 0) is 18.2 Å². The predicted octanol–water partition coefficient (Wildman–Crippen LogP) is 2.64. The fraction of sp³-hybridized carbons (Fsp3) is 0.0667. The fourth-order valence-electron chi connectivity index (χ4n) is 1.47. The van der Waals surface area contributed by atoms with Gasteiger partial charge in [-0.15, -0.1) is 0 Å². The topological polar surface area (TPSA) is 86.2 Å². The normalized spacial score (nSPS) is 9.30. The number of carbonyl (C=O) groups is 2. The molecule has 0 bridgehead atoms. The van der Waals surface area contributed by atoms with Crippen LogP contribution in [0, 0.1) is 0 Å². The average molecular weight is 291 g/mol. The first-order chi connectivity index (χ1) is 9.41. The second kappa shape index (κ2) is 7.31. The van der Waals surface area contributed by atoms with Gasteiger partial charge in [0.25, 0.3) is 0 Å². The second-order valence-corrected chi connectivity index (χ2v) is 4.47. The van der Waals surface area contributed by atoms with Crippen molar-refractivity contribution in [2.75, 3.05) is 5.73 Å². The van der Waals surface area contributed by atoms with E-state index >= 15 is 0 Å². The summed E-state index contributed by atoms with van der Waals surface area (Å²) < 4.78 is 0. The van der Waals surface area contributed by atoms with E-state index in [1.165, 1.54) is 6.92 Å². The van der Waals surface area contributed by atoms with Crippen LogP contribution >= 0.6 is 11.6 Å². The second-order valence-electron chi connectivity index (χ2n) is 4.04. The molecule has 0 aromatic heterocycles. The van der Waals surface area contributed by atoms with Gasteiger partial charge in [-0.2, -0.15) is 0 Å². The van der Waals surface area contributed by atoms with Gasteiger partial charge in [0.2, 0.25) is 5.91 Å². The molecule has 0 radical (unpaired) electrons. The Balaban J connectivity index is 0.000000444. The van der Waals surface area contributed by atoms with Crippen molar-refractivity contribution < 1.29 is 9.59 Å². The Morgan fingerprint density at radius 1 is 1.05 bits per heavy atom. The zero-order valence-electron chi connectivity index (χ0n) is 11.0. The molecule has 0 saturated heterocycles. The number of primary amides is 1. The Morgan fingerprint density at radius 2 is 1.60 bits per heavy atom. The monoisotopic (exact) mass is 290 g/mol. The Bertz CT molecular complexity index is 609. The minimum Gasteiger partial charge on any atom is -0.398 e. The van der Waals surface area contributed by atoms with Gasteiger partial charge in [0.1, 0.15) is 0 Å². The maximum absolute atomic E-state index is 12.1. The number of hydrogen-bond donors (Lipinski definition) is 2. The van der Waals surface area contributed by atoms with Crippen molar-refractivity contribution in [3.05, 3.63) is 64.7 Å². The number of nitrogen functional groups attached to an aromatic ring is 1. The SMILES string of the molecule is CC(N)=O.Nc1ccc(Cl)cc1C(=O)c1ccccc1. The quantitative estimate of drug-likeness (QED) is 0.658. The van der Waals surface area contributed by atoms with Gasteiger partial charge in [0.05, 0.1) is 0 Å². The number of rotatable bonds is 2. The first-order valence-corrected chi connectivity index (χ1v) is 6.20. The molecular weight excluding hydrogens is 276 g/mol. The highest BCUT2D eigenvalue weighted by molar-refractivity contribution is 6.31. The average Bonchev–Trinajstić information content (AvgIpc) is 2.41. The van der Waals surface area contributed by atoms with Crippen molar-refractivity contribution in [2.24, 2.45) is 5.73 Å². The van der Waals surface area contributed by atoms with E-state index in [1.54, 1.807) is 30.3 Å². The lowest BCUT2D eigenvalue weighted by Crippen LogP contribution is -2.04. The number of benzene rings is 2. The molecule has 5 heteroatoms. The van der Waals surface area contributed by atoms with Gasteiger partial charge in [-0.25, -0.2) is 0 Å². The van der Waals surface area contributed by atoms with Gasteiger partial charge in [-0.1, -0.05) is 41.9 Å². The number of nitrogens with two attached hydrogens (primary N) is 2. The van der Waals surface area contributed by atoms with Gasteiger partial charge in [0.15, 0.2) is 5.78 Å². The number of hydrogen-bond acceptors (Lipinski definition) is 3. The van der Waals surface area contributed by atoms with Crippen LogP contribution < -0.4 is 11.5 Å². The summed E-state index contributed by atoms with van der Waals surface area (Å²) in [4.78, 5) is 21.3. The molecule has 104 valence electrons. The van der Waals surface area contributed by atoms with E-state index < -0.39 is 0 Å². The van der Waals surface area contributed by atoms with Crippen LogP contribution in [0.3, 0.4) is 0 Å². The van der Waals surface area contributed by atoms with Crippen molar-refractivity contribution >= 4 is 29.0 Å². The third-order valence-corrected chi connectivity index (χ3v) is 2.53. The molecule has 0 aliphatic heterocycles. The Hall–Kier alpha value is -2.33. The molecule has 0 saturated carbocycles. The molecule has 2 aromatic rings. The molecule has 0 fully saturated rings. The van der Waals surface area contributed by atoms with Crippen molar-refractivity contribution in [3.63, 3.8) is 0 Å². The van der Waals surface area contributed by atoms with Crippen LogP contribution in [0.1, 0.15) is 22.8 Å². The zero-order valence-corrected chi connectivity index (χ0v) is 11.7. The van der Waals surface area contributed by atoms with E-state index in [-0.39, 0.29) is 11.7 Å². The third-order valence-electron chi connectivity index (χ3n) is 2.30. The van der Waals surface area contributed by atoms with E-state index in [0.717, 1.165) is 0 Å². The van der Waals surface area contributed by atoms with Crippen molar-refractivity contribution in [1.82, 2.24) is 0 Å². The highest BCUT2D eigenvalue weighted by Gasteiger charge is 2.12. The smallest absolute Gasteiger partial charge is 0.214 e. The molecule has 0 aliphatic rings. The summed E-state index contributed by atoms with van der Waals surface area (Å²) in [5.74, 6) is -0.444. The maximum Gasteiger partial charge on any atom is 0.214 e. The largest absolute Gasteiger partial charge is 0.398 e. The molecule has 0 heterocycles. The lowest BCUT2D eigenvalue weighted by molar-refractivity contribution is -0.115. The molecule has 0 unspecified atom stereocenters. The minimum absolute atomic E-state index is 0.111. The third kappa shape index (κ3) is 4.74. The summed E-state index contributed by atoms with van der Waals surface area (Å²) >= 11 is 5.84. The summed E-state index contributed by atoms with van der Waals surface area (Å²) in [5.41, 5.74) is 11.7. The van der Waals surface area contributed by atoms with E-state index in [4.69, 9.17) is 17.3 Å². The lowest BCUT2D eigenvalue weighted by Gasteiger charge is -2.05. The summed E-state index contributed by atoms with van der Waals surface area (Å²) in [6.45, 7) is 1.31. The fourth-order valence-corrected chi connectivity index (χ4v) is 1.64. The summed E-state index contributed by atoms with van der Waals surface area (Å²) in [7, 11) is 0. The molecule has 1 amide bonds. The maximum atomic E-state index is 12.1. The van der Waals surface area contributed by atoms with Crippen LogP contribution in [0.2, 0.25) is 5.02 Å². The molecule has 0 spiro atoms. The molecule has 4 N–H and O–H groups in total. The van der Waals surface area contributed by atoms with Crippen LogP contribution in [0.5, 0.6) is 0 Å². The molecule has 20 heavy (non-hydrogen) atoms. The van der Waals surface area contributed by atoms with Crippen molar-refractivity contribution in [2.45, 2.75) is 6.92 Å². The predicted molar refractivity (Wildman–Crippen MR) is 80.6 cm³/mol. The van der Waals surface area contributed by atoms with E-state index in [2.05, 4.69) is 5.73 Å². The van der Waals surface area contributed by atoms with Crippen LogP contribution in [-0.2, 0) is 4.79 Å². The van der Waals surface area contributed by atoms with Gasteiger partial charge in [0, 0.05) is 28.8 Å². The summed E-state index contributed by atoms with van der Waals surface area (Å²) in [6, 6.07) is 13.9. The molecular formula is C15H15ClN2O2. The van der Waals surface area contributed by atoms with E-state index in [1.807, 2.05) is 18.2 Å². The Kier molecular flexibility index (Phi) is 5.74. The van der Waals surface area contributed by atoms with Crippen LogP contribution in [0.25, 0.3) is 0 Å². The number of carbonyl (C=O) groups excluding carboxylic acids is 2. The molecule has 0 atom stereocenters. The van der Waals surface area contributed by atoms with Gasteiger partial charge < -0.3 is 11.5 Å². The van der Waals surface area contributed by atoms with Crippen molar-refractivity contribution in [3.8, 4) is 0 Å². The molecule has 2 aromatic carbocycles. The van der Waals surface area contributed by atoms with Gasteiger partial charge >= 0.3 is 0 Å². The minimum atomic E-state index is -0.333. The number of anilines is 1.